The average Bonchev–Trinajstić information content (AvgIpc) is 3.34. The molecule has 0 atom stereocenters. The van der Waals surface area contributed by atoms with E-state index in [4.69, 9.17) is 4.74 Å². The van der Waals surface area contributed by atoms with Crippen LogP contribution in [0.2, 0.25) is 0 Å². The number of aryl methyl sites for hydroxylation is 2. The molecule has 0 saturated heterocycles. The van der Waals surface area contributed by atoms with Gasteiger partial charge in [0.05, 0.1) is 28.2 Å². The number of imide groups is 1. The molecule has 4 rings (SSSR count). The van der Waals surface area contributed by atoms with Crippen LogP contribution in [0, 0.1) is 20.8 Å². The van der Waals surface area contributed by atoms with Gasteiger partial charge in [-0.25, -0.2) is 4.79 Å². The normalized spacial score (nSPS) is 12.4. The molecule has 1 aliphatic heterocycles. The van der Waals surface area contributed by atoms with Crippen molar-refractivity contribution < 1.29 is 28.7 Å². The standard InChI is InChI=1S/C29H29N3O6S/c1-5-38-29(37)23-18(4)24(25(34)30-21-13-12-16(2)15-17(21)3)39-26(23)31-22(33)11-8-14-32-27(35)19-9-6-7-10-20(19)28(32)36/h6-7,9-10,12-13,15H,5,8,11,14H2,1-4H3,(H,30,34)(H,31,33). The number of esters is 1. The van der Waals surface area contributed by atoms with Gasteiger partial charge >= 0.3 is 5.97 Å². The number of fused-ring (bicyclic) bond motifs is 1. The number of carbonyl (C=O) groups is 5. The minimum Gasteiger partial charge on any atom is -0.462 e. The van der Waals surface area contributed by atoms with Gasteiger partial charge in [-0.05, 0) is 63.4 Å². The summed E-state index contributed by atoms with van der Waals surface area (Å²) in [6.45, 7) is 7.37. The summed E-state index contributed by atoms with van der Waals surface area (Å²) >= 11 is 0.993. The summed E-state index contributed by atoms with van der Waals surface area (Å²) in [5.74, 6) is -2.22. The maximum absolute atomic E-state index is 13.1. The fourth-order valence-electron chi connectivity index (χ4n) is 4.43. The third-order valence-electron chi connectivity index (χ3n) is 6.38. The van der Waals surface area contributed by atoms with E-state index in [0.717, 1.165) is 27.4 Å². The van der Waals surface area contributed by atoms with Crippen molar-refractivity contribution >= 4 is 51.6 Å². The summed E-state index contributed by atoms with van der Waals surface area (Å²) < 4.78 is 5.18. The SMILES string of the molecule is CCOC(=O)c1c(NC(=O)CCCN2C(=O)c3ccccc3C2=O)sc(C(=O)Nc2ccc(C)cc2C)c1C. The number of anilines is 2. The van der Waals surface area contributed by atoms with Crippen molar-refractivity contribution in [2.45, 2.75) is 40.5 Å². The number of thiophene rings is 1. The van der Waals surface area contributed by atoms with E-state index in [2.05, 4.69) is 10.6 Å². The van der Waals surface area contributed by atoms with Crippen molar-refractivity contribution in [3.63, 3.8) is 0 Å². The molecule has 0 radical (unpaired) electrons. The van der Waals surface area contributed by atoms with Crippen molar-refractivity contribution in [3.05, 3.63) is 80.7 Å². The lowest BCUT2D eigenvalue weighted by Crippen LogP contribution is -2.31. The first-order valence-electron chi connectivity index (χ1n) is 12.6. The average molecular weight is 548 g/mol. The molecule has 0 saturated carbocycles. The Hall–Kier alpha value is -4.31. The molecule has 1 aromatic heterocycles. The third-order valence-corrected chi connectivity index (χ3v) is 7.59. The zero-order valence-corrected chi connectivity index (χ0v) is 23.0. The summed E-state index contributed by atoms with van der Waals surface area (Å²) in [4.78, 5) is 65.2. The molecular weight excluding hydrogens is 518 g/mol. The van der Waals surface area contributed by atoms with E-state index in [-0.39, 0.29) is 53.2 Å². The molecule has 10 heteroatoms. The van der Waals surface area contributed by atoms with Crippen LogP contribution in [0.1, 0.15) is 77.2 Å². The van der Waals surface area contributed by atoms with Crippen LogP contribution in [-0.2, 0) is 9.53 Å². The Morgan fingerprint density at radius 1 is 0.949 bits per heavy atom. The summed E-state index contributed by atoms with van der Waals surface area (Å²) in [5.41, 5.74) is 3.85. The molecular formula is C29H29N3O6S. The lowest BCUT2D eigenvalue weighted by molar-refractivity contribution is -0.116. The number of rotatable bonds is 9. The fraction of sp³-hybridized carbons (Fsp3) is 0.276. The zero-order valence-electron chi connectivity index (χ0n) is 22.2. The molecule has 39 heavy (non-hydrogen) atoms. The molecule has 2 N–H and O–H groups in total. The van der Waals surface area contributed by atoms with E-state index in [9.17, 15) is 24.0 Å². The van der Waals surface area contributed by atoms with Crippen LogP contribution in [0.15, 0.2) is 42.5 Å². The number of nitrogens with zero attached hydrogens (tertiary/aromatic N) is 1. The van der Waals surface area contributed by atoms with Gasteiger partial charge < -0.3 is 15.4 Å². The van der Waals surface area contributed by atoms with Gasteiger partial charge in [-0.15, -0.1) is 11.3 Å². The minimum absolute atomic E-state index is 0.00326. The fourth-order valence-corrected chi connectivity index (χ4v) is 5.54. The summed E-state index contributed by atoms with van der Waals surface area (Å²) in [5, 5.41) is 5.81. The third kappa shape index (κ3) is 5.75. The van der Waals surface area contributed by atoms with Gasteiger partial charge in [0.15, 0.2) is 0 Å². The highest BCUT2D eigenvalue weighted by atomic mass is 32.1. The van der Waals surface area contributed by atoms with Crippen molar-refractivity contribution in [2.75, 3.05) is 23.8 Å². The van der Waals surface area contributed by atoms with E-state index in [1.807, 2.05) is 32.0 Å². The Morgan fingerprint density at radius 3 is 2.23 bits per heavy atom. The number of nitrogens with one attached hydrogen (secondary N) is 2. The lowest BCUT2D eigenvalue weighted by Gasteiger charge is -2.13. The molecule has 0 fully saturated rings. The molecule has 9 nitrogen and oxygen atoms in total. The molecule has 0 unspecified atom stereocenters. The van der Waals surface area contributed by atoms with Crippen molar-refractivity contribution in [1.29, 1.82) is 0 Å². The van der Waals surface area contributed by atoms with Crippen LogP contribution < -0.4 is 10.6 Å². The number of hydrogen-bond donors (Lipinski definition) is 2. The predicted molar refractivity (Wildman–Crippen MR) is 149 cm³/mol. The van der Waals surface area contributed by atoms with E-state index >= 15 is 0 Å². The number of ether oxygens (including phenoxy) is 1. The Balaban J connectivity index is 1.46. The van der Waals surface area contributed by atoms with Gasteiger partial charge in [0.25, 0.3) is 17.7 Å². The van der Waals surface area contributed by atoms with Crippen LogP contribution in [-0.4, -0.2) is 47.6 Å². The Labute approximate surface area is 230 Å². The second-order valence-corrected chi connectivity index (χ2v) is 10.2. The number of hydrogen-bond acceptors (Lipinski definition) is 7. The highest BCUT2D eigenvalue weighted by Gasteiger charge is 2.34. The van der Waals surface area contributed by atoms with Crippen LogP contribution in [0.5, 0.6) is 0 Å². The number of amides is 4. The van der Waals surface area contributed by atoms with E-state index in [1.165, 1.54) is 0 Å². The quantitative estimate of drug-likeness (QED) is 0.283. The van der Waals surface area contributed by atoms with Crippen molar-refractivity contribution in [2.24, 2.45) is 0 Å². The van der Waals surface area contributed by atoms with Gasteiger partial charge in [-0.3, -0.25) is 24.1 Å². The highest BCUT2D eigenvalue weighted by Crippen LogP contribution is 2.35. The van der Waals surface area contributed by atoms with Crippen LogP contribution in [0.3, 0.4) is 0 Å². The molecule has 4 amide bonds. The van der Waals surface area contributed by atoms with Gasteiger partial charge in [0.1, 0.15) is 5.00 Å². The topological polar surface area (TPSA) is 122 Å². The first-order chi connectivity index (χ1) is 18.6. The predicted octanol–water partition coefficient (Wildman–Crippen LogP) is 5.12. The maximum Gasteiger partial charge on any atom is 0.341 e. The zero-order chi connectivity index (χ0) is 28.3. The molecule has 0 spiro atoms. The maximum atomic E-state index is 13.1. The van der Waals surface area contributed by atoms with E-state index < -0.39 is 17.8 Å². The molecule has 202 valence electrons. The van der Waals surface area contributed by atoms with Gasteiger partial charge in [-0.1, -0.05) is 29.8 Å². The summed E-state index contributed by atoms with van der Waals surface area (Å²) in [7, 11) is 0. The Morgan fingerprint density at radius 2 is 1.62 bits per heavy atom. The van der Waals surface area contributed by atoms with Gasteiger partial charge in [0.2, 0.25) is 5.91 Å². The molecule has 0 aliphatic carbocycles. The molecule has 2 heterocycles. The van der Waals surface area contributed by atoms with Gasteiger partial charge in [0, 0.05) is 18.7 Å². The molecule has 0 bridgehead atoms. The van der Waals surface area contributed by atoms with Crippen molar-refractivity contribution in [3.8, 4) is 0 Å². The first-order valence-corrected chi connectivity index (χ1v) is 13.4. The minimum atomic E-state index is -0.641. The number of benzene rings is 2. The highest BCUT2D eigenvalue weighted by molar-refractivity contribution is 7.19. The van der Waals surface area contributed by atoms with Crippen LogP contribution in [0.4, 0.5) is 10.7 Å². The smallest absolute Gasteiger partial charge is 0.341 e. The first kappa shape index (κ1) is 27.7. The molecule has 1 aliphatic rings. The van der Waals surface area contributed by atoms with Crippen LogP contribution in [0.25, 0.3) is 0 Å². The second-order valence-electron chi connectivity index (χ2n) is 9.21. The monoisotopic (exact) mass is 547 g/mol. The number of carbonyl (C=O) groups excluding carboxylic acids is 5. The molecule has 2 aromatic carbocycles. The summed E-state index contributed by atoms with van der Waals surface area (Å²) in [6.07, 6.45) is 0.229. The Bertz CT molecular complexity index is 1460. The van der Waals surface area contributed by atoms with Gasteiger partial charge in [-0.2, -0.15) is 0 Å². The summed E-state index contributed by atoms with van der Waals surface area (Å²) in [6, 6.07) is 12.3. The molecule has 3 aromatic rings. The van der Waals surface area contributed by atoms with E-state index in [0.29, 0.717) is 22.4 Å². The largest absolute Gasteiger partial charge is 0.462 e. The Kier molecular flexibility index (Phi) is 8.25. The lowest BCUT2D eigenvalue weighted by atomic mass is 10.1. The van der Waals surface area contributed by atoms with E-state index in [1.54, 1.807) is 38.1 Å². The van der Waals surface area contributed by atoms with Crippen molar-refractivity contribution in [1.82, 2.24) is 4.90 Å². The second kappa shape index (κ2) is 11.6. The van der Waals surface area contributed by atoms with Crippen LogP contribution >= 0.6 is 11.3 Å².